The smallest absolute Gasteiger partial charge is 0.0640 e. The molecular weight excluding hydrogens is 196 g/mol. The van der Waals surface area contributed by atoms with Crippen molar-refractivity contribution in [3.05, 3.63) is 30.3 Å². The molecule has 0 aliphatic heterocycles. The number of para-hydroxylation sites is 1. The Hall–Kier alpha value is -1.49. The van der Waals surface area contributed by atoms with E-state index in [1.165, 1.54) is 24.9 Å². The zero-order valence-electron chi connectivity index (χ0n) is 10.0. The second kappa shape index (κ2) is 7.76. The second-order valence-electron chi connectivity index (χ2n) is 3.94. The van der Waals surface area contributed by atoms with Crippen molar-refractivity contribution in [1.82, 2.24) is 0 Å². The Bertz CT molecular complexity index is 313. The van der Waals surface area contributed by atoms with Crippen LogP contribution in [0.5, 0.6) is 0 Å². The lowest BCUT2D eigenvalue weighted by Crippen LogP contribution is -2.25. The van der Waals surface area contributed by atoms with Crippen molar-refractivity contribution in [1.29, 1.82) is 5.26 Å². The Balaban J connectivity index is 2.53. The molecule has 0 spiro atoms. The molecule has 0 aliphatic carbocycles. The van der Waals surface area contributed by atoms with Gasteiger partial charge in [0.2, 0.25) is 0 Å². The van der Waals surface area contributed by atoms with Crippen LogP contribution in [0.4, 0.5) is 5.69 Å². The summed E-state index contributed by atoms with van der Waals surface area (Å²) in [5, 5.41) is 8.66. The third kappa shape index (κ3) is 4.35. The largest absolute Gasteiger partial charge is 0.371 e. The van der Waals surface area contributed by atoms with Crippen molar-refractivity contribution in [3.63, 3.8) is 0 Å². The molecule has 0 heterocycles. The zero-order valence-corrected chi connectivity index (χ0v) is 10.0. The Morgan fingerprint density at radius 2 is 1.88 bits per heavy atom. The first kappa shape index (κ1) is 12.6. The number of rotatable bonds is 7. The first-order valence-corrected chi connectivity index (χ1v) is 6.05. The molecule has 0 amide bonds. The number of nitriles is 1. The first-order valence-electron chi connectivity index (χ1n) is 6.05. The SMILES string of the molecule is CCCCCN(CCC#N)c1ccccc1. The summed E-state index contributed by atoms with van der Waals surface area (Å²) >= 11 is 0. The van der Waals surface area contributed by atoms with Crippen LogP contribution in [0.15, 0.2) is 30.3 Å². The number of benzene rings is 1. The monoisotopic (exact) mass is 216 g/mol. The Labute approximate surface area is 98.5 Å². The fourth-order valence-corrected chi connectivity index (χ4v) is 1.75. The molecule has 1 rings (SSSR count). The molecule has 0 N–H and O–H groups in total. The van der Waals surface area contributed by atoms with Gasteiger partial charge in [0.05, 0.1) is 12.5 Å². The van der Waals surface area contributed by atoms with E-state index in [4.69, 9.17) is 5.26 Å². The van der Waals surface area contributed by atoms with Crippen LogP contribution in [0, 0.1) is 11.3 Å². The highest BCUT2D eigenvalue weighted by Crippen LogP contribution is 2.14. The molecule has 0 saturated heterocycles. The van der Waals surface area contributed by atoms with Gasteiger partial charge in [0.15, 0.2) is 0 Å². The van der Waals surface area contributed by atoms with E-state index in [1.807, 2.05) is 6.07 Å². The topological polar surface area (TPSA) is 27.0 Å². The van der Waals surface area contributed by atoms with Crippen LogP contribution in [0.2, 0.25) is 0 Å². The van der Waals surface area contributed by atoms with E-state index in [9.17, 15) is 0 Å². The van der Waals surface area contributed by atoms with Crippen LogP contribution in [-0.4, -0.2) is 13.1 Å². The van der Waals surface area contributed by atoms with Crippen molar-refractivity contribution in [2.75, 3.05) is 18.0 Å². The van der Waals surface area contributed by atoms with Gasteiger partial charge in [0.1, 0.15) is 0 Å². The maximum absolute atomic E-state index is 8.66. The maximum Gasteiger partial charge on any atom is 0.0640 e. The lowest BCUT2D eigenvalue weighted by Gasteiger charge is -2.23. The van der Waals surface area contributed by atoms with Crippen LogP contribution >= 0.6 is 0 Å². The highest BCUT2D eigenvalue weighted by Gasteiger charge is 2.04. The van der Waals surface area contributed by atoms with Gasteiger partial charge in [-0.2, -0.15) is 5.26 Å². The van der Waals surface area contributed by atoms with Crippen LogP contribution < -0.4 is 4.90 Å². The molecule has 0 unspecified atom stereocenters. The van der Waals surface area contributed by atoms with Crippen molar-refractivity contribution in [2.45, 2.75) is 32.6 Å². The summed E-state index contributed by atoms with van der Waals surface area (Å²) in [7, 11) is 0. The number of unbranched alkanes of at least 4 members (excludes halogenated alkanes) is 2. The van der Waals surface area contributed by atoms with Crippen LogP contribution in [0.25, 0.3) is 0 Å². The van der Waals surface area contributed by atoms with E-state index < -0.39 is 0 Å². The van der Waals surface area contributed by atoms with Gasteiger partial charge in [-0.05, 0) is 18.6 Å². The van der Waals surface area contributed by atoms with Crippen molar-refractivity contribution in [3.8, 4) is 6.07 Å². The van der Waals surface area contributed by atoms with Crippen molar-refractivity contribution in [2.24, 2.45) is 0 Å². The Morgan fingerprint density at radius 1 is 1.12 bits per heavy atom. The first-order chi connectivity index (χ1) is 7.88. The quantitative estimate of drug-likeness (QED) is 0.651. The summed E-state index contributed by atoms with van der Waals surface area (Å²) in [5.74, 6) is 0. The third-order valence-corrected chi connectivity index (χ3v) is 2.65. The summed E-state index contributed by atoms with van der Waals surface area (Å²) in [6.07, 6.45) is 4.30. The van der Waals surface area contributed by atoms with E-state index in [1.54, 1.807) is 0 Å². The van der Waals surface area contributed by atoms with Gasteiger partial charge in [0.25, 0.3) is 0 Å². The molecule has 0 aromatic heterocycles. The normalized spacial score (nSPS) is 9.75. The number of hydrogen-bond acceptors (Lipinski definition) is 2. The molecule has 0 fully saturated rings. The van der Waals surface area contributed by atoms with Crippen molar-refractivity contribution >= 4 is 5.69 Å². The van der Waals surface area contributed by atoms with Gasteiger partial charge in [-0.15, -0.1) is 0 Å². The molecule has 1 aromatic rings. The molecule has 1 aromatic carbocycles. The molecule has 2 nitrogen and oxygen atoms in total. The Kier molecular flexibility index (Phi) is 6.10. The number of anilines is 1. The highest BCUT2D eigenvalue weighted by molar-refractivity contribution is 5.45. The van der Waals surface area contributed by atoms with E-state index in [2.05, 4.69) is 42.2 Å². The maximum atomic E-state index is 8.66. The fraction of sp³-hybridized carbons (Fsp3) is 0.500. The summed E-state index contributed by atoms with van der Waals surface area (Å²) in [4.78, 5) is 2.30. The van der Waals surface area contributed by atoms with Gasteiger partial charge in [-0.3, -0.25) is 0 Å². The van der Waals surface area contributed by atoms with E-state index in [0.29, 0.717) is 6.42 Å². The fourth-order valence-electron chi connectivity index (χ4n) is 1.75. The molecule has 0 saturated carbocycles. The number of hydrogen-bond donors (Lipinski definition) is 0. The van der Waals surface area contributed by atoms with E-state index >= 15 is 0 Å². The average molecular weight is 216 g/mol. The molecule has 0 bridgehead atoms. The summed E-state index contributed by atoms with van der Waals surface area (Å²) < 4.78 is 0. The predicted octanol–water partition coefficient (Wildman–Crippen LogP) is 3.60. The molecule has 0 atom stereocenters. The minimum atomic E-state index is 0.598. The standard InChI is InChI=1S/C14H20N2/c1-2-3-7-12-16(13-8-11-15)14-9-5-4-6-10-14/h4-6,9-10H,2-3,7-8,12-13H2,1H3. The van der Waals surface area contributed by atoms with Crippen molar-refractivity contribution < 1.29 is 0 Å². The molecule has 0 radical (unpaired) electrons. The van der Waals surface area contributed by atoms with E-state index in [0.717, 1.165) is 13.1 Å². The lowest BCUT2D eigenvalue weighted by molar-refractivity contribution is 0.677. The predicted molar refractivity (Wildman–Crippen MR) is 68.4 cm³/mol. The van der Waals surface area contributed by atoms with Crippen LogP contribution in [-0.2, 0) is 0 Å². The van der Waals surface area contributed by atoms with Gasteiger partial charge in [0, 0.05) is 18.8 Å². The zero-order chi connectivity index (χ0) is 11.6. The van der Waals surface area contributed by atoms with Gasteiger partial charge in [-0.1, -0.05) is 38.0 Å². The molecule has 16 heavy (non-hydrogen) atoms. The van der Waals surface area contributed by atoms with E-state index in [-0.39, 0.29) is 0 Å². The van der Waals surface area contributed by atoms with Crippen LogP contribution in [0.3, 0.4) is 0 Å². The minimum absolute atomic E-state index is 0.598. The molecule has 2 heteroatoms. The van der Waals surface area contributed by atoms with Gasteiger partial charge >= 0.3 is 0 Å². The average Bonchev–Trinajstić information content (AvgIpc) is 2.35. The molecular formula is C14H20N2. The summed E-state index contributed by atoms with van der Waals surface area (Å²) in [5.41, 5.74) is 1.23. The van der Waals surface area contributed by atoms with Gasteiger partial charge in [-0.25, -0.2) is 0 Å². The highest BCUT2D eigenvalue weighted by atomic mass is 15.1. The molecule has 0 aliphatic rings. The Morgan fingerprint density at radius 3 is 2.50 bits per heavy atom. The minimum Gasteiger partial charge on any atom is -0.371 e. The van der Waals surface area contributed by atoms with Gasteiger partial charge < -0.3 is 4.90 Å². The molecule has 86 valence electrons. The lowest BCUT2D eigenvalue weighted by atomic mass is 10.2. The summed E-state index contributed by atoms with van der Waals surface area (Å²) in [6.45, 7) is 4.10. The second-order valence-corrected chi connectivity index (χ2v) is 3.94. The van der Waals surface area contributed by atoms with Crippen LogP contribution in [0.1, 0.15) is 32.6 Å². The number of nitrogens with zero attached hydrogens (tertiary/aromatic N) is 2. The third-order valence-electron chi connectivity index (χ3n) is 2.65. The summed E-state index contributed by atoms with van der Waals surface area (Å²) in [6, 6.07) is 12.6.